The Morgan fingerprint density at radius 3 is 2.88 bits per heavy atom. The number of nitrogens with one attached hydrogen (secondary N) is 1. The summed E-state index contributed by atoms with van der Waals surface area (Å²) in [5.74, 6) is 0.0350. The van der Waals surface area contributed by atoms with Crippen molar-refractivity contribution < 1.29 is 9.18 Å². The predicted octanol–water partition coefficient (Wildman–Crippen LogP) is 2.15. The molecular formula is C12H17FN2OS. The van der Waals surface area contributed by atoms with Crippen LogP contribution in [0.2, 0.25) is 0 Å². The molecule has 5 heteroatoms. The number of hydrogen-bond acceptors (Lipinski definition) is 3. The number of anilines is 1. The summed E-state index contributed by atoms with van der Waals surface area (Å²) >= 11 is 1.63. The second-order valence-electron chi connectivity index (χ2n) is 3.81. The van der Waals surface area contributed by atoms with Gasteiger partial charge >= 0.3 is 0 Å². The van der Waals surface area contributed by atoms with Gasteiger partial charge in [-0.1, -0.05) is 12.1 Å². The number of nitrogens with two attached hydrogens (primary N) is 1. The van der Waals surface area contributed by atoms with Crippen LogP contribution in [0, 0.1) is 12.7 Å². The highest BCUT2D eigenvalue weighted by Gasteiger charge is 2.15. The zero-order valence-electron chi connectivity index (χ0n) is 10.00. The lowest BCUT2D eigenvalue weighted by Crippen LogP contribution is -2.36. The van der Waals surface area contributed by atoms with E-state index in [1.165, 1.54) is 6.07 Å². The normalized spacial score (nSPS) is 12.2. The van der Waals surface area contributed by atoms with Crippen LogP contribution < -0.4 is 11.1 Å². The monoisotopic (exact) mass is 256 g/mol. The summed E-state index contributed by atoms with van der Waals surface area (Å²) in [5, 5.41) is 2.54. The fraction of sp³-hybridized carbons (Fsp3) is 0.417. The first-order chi connectivity index (χ1) is 8.06. The summed E-state index contributed by atoms with van der Waals surface area (Å²) in [6, 6.07) is 4.07. The van der Waals surface area contributed by atoms with Crippen molar-refractivity contribution in [1.82, 2.24) is 0 Å². The average molecular weight is 256 g/mol. The molecule has 1 amide bonds. The molecule has 17 heavy (non-hydrogen) atoms. The van der Waals surface area contributed by atoms with Crippen molar-refractivity contribution >= 4 is 23.4 Å². The lowest BCUT2D eigenvalue weighted by molar-refractivity contribution is -0.117. The number of thioether (sulfide) groups is 1. The summed E-state index contributed by atoms with van der Waals surface area (Å²) in [4.78, 5) is 11.7. The van der Waals surface area contributed by atoms with E-state index in [0.717, 1.165) is 5.75 Å². The molecule has 0 bridgehead atoms. The van der Waals surface area contributed by atoms with Crippen LogP contribution in [0.5, 0.6) is 0 Å². The molecule has 0 saturated heterocycles. The zero-order chi connectivity index (χ0) is 12.8. The summed E-state index contributed by atoms with van der Waals surface area (Å²) in [6.07, 6.45) is 2.53. The van der Waals surface area contributed by atoms with Gasteiger partial charge in [-0.25, -0.2) is 4.39 Å². The highest BCUT2D eigenvalue weighted by molar-refractivity contribution is 7.98. The van der Waals surface area contributed by atoms with E-state index in [1.54, 1.807) is 30.8 Å². The Morgan fingerprint density at radius 2 is 2.29 bits per heavy atom. The number of carbonyl (C=O) groups excluding carboxylic acids is 1. The Hall–Kier alpha value is -1.07. The van der Waals surface area contributed by atoms with E-state index < -0.39 is 11.9 Å². The SMILES string of the molecule is CSCC[C@H](N)C(=O)Nc1c(C)cccc1F. The number of aryl methyl sites for hydroxylation is 1. The highest BCUT2D eigenvalue weighted by atomic mass is 32.2. The van der Waals surface area contributed by atoms with Crippen molar-refractivity contribution in [2.45, 2.75) is 19.4 Å². The second-order valence-corrected chi connectivity index (χ2v) is 4.79. The Bertz CT molecular complexity index is 378. The van der Waals surface area contributed by atoms with Crippen LogP contribution in [-0.4, -0.2) is 24.0 Å². The molecule has 1 atom stereocenters. The molecule has 0 aromatic heterocycles. The fourth-order valence-corrected chi connectivity index (χ4v) is 1.87. The number of rotatable bonds is 5. The van der Waals surface area contributed by atoms with Gasteiger partial charge in [-0.3, -0.25) is 4.79 Å². The number of halogens is 1. The molecule has 0 aliphatic heterocycles. The molecule has 3 N–H and O–H groups in total. The molecule has 0 fully saturated rings. The van der Waals surface area contributed by atoms with Crippen molar-refractivity contribution in [3.8, 4) is 0 Å². The van der Waals surface area contributed by atoms with Gasteiger partial charge in [0.25, 0.3) is 0 Å². The standard InChI is InChI=1S/C12H17FN2OS/c1-8-4-3-5-9(13)11(8)15-12(16)10(14)6-7-17-2/h3-5,10H,6-7,14H2,1-2H3,(H,15,16)/t10-/m0/s1. The topological polar surface area (TPSA) is 55.1 Å². The van der Waals surface area contributed by atoms with Crippen molar-refractivity contribution in [3.05, 3.63) is 29.6 Å². The summed E-state index contributed by atoms with van der Waals surface area (Å²) in [5.41, 5.74) is 6.61. The van der Waals surface area contributed by atoms with Crippen LogP contribution in [0.1, 0.15) is 12.0 Å². The molecule has 0 radical (unpaired) electrons. The Labute approximate surface area is 105 Å². The number of hydrogen-bond donors (Lipinski definition) is 2. The lowest BCUT2D eigenvalue weighted by Gasteiger charge is -2.13. The van der Waals surface area contributed by atoms with Gasteiger partial charge in [-0.2, -0.15) is 11.8 Å². The van der Waals surface area contributed by atoms with Crippen LogP contribution in [0.25, 0.3) is 0 Å². The van der Waals surface area contributed by atoms with Gasteiger partial charge in [0.15, 0.2) is 0 Å². The van der Waals surface area contributed by atoms with E-state index in [0.29, 0.717) is 12.0 Å². The molecule has 0 aliphatic rings. The van der Waals surface area contributed by atoms with Gasteiger partial charge < -0.3 is 11.1 Å². The fourth-order valence-electron chi connectivity index (χ4n) is 1.38. The van der Waals surface area contributed by atoms with Crippen LogP contribution in [0.4, 0.5) is 10.1 Å². The molecule has 3 nitrogen and oxygen atoms in total. The highest BCUT2D eigenvalue weighted by Crippen LogP contribution is 2.18. The maximum Gasteiger partial charge on any atom is 0.241 e. The summed E-state index contributed by atoms with van der Waals surface area (Å²) in [7, 11) is 0. The number of para-hydroxylation sites is 1. The minimum atomic E-state index is -0.596. The predicted molar refractivity (Wildman–Crippen MR) is 70.7 cm³/mol. The minimum Gasteiger partial charge on any atom is -0.322 e. The van der Waals surface area contributed by atoms with Gasteiger partial charge in [0, 0.05) is 0 Å². The third-order valence-electron chi connectivity index (χ3n) is 2.44. The molecular weight excluding hydrogens is 239 g/mol. The molecule has 0 spiro atoms. The van der Waals surface area contributed by atoms with Crippen LogP contribution in [0.3, 0.4) is 0 Å². The van der Waals surface area contributed by atoms with E-state index in [2.05, 4.69) is 5.32 Å². The smallest absolute Gasteiger partial charge is 0.241 e. The molecule has 0 aliphatic carbocycles. The molecule has 0 heterocycles. The molecule has 0 saturated carbocycles. The van der Waals surface area contributed by atoms with Crippen LogP contribution >= 0.6 is 11.8 Å². The third kappa shape index (κ3) is 4.02. The summed E-state index contributed by atoms with van der Waals surface area (Å²) < 4.78 is 13.5. The summed E-state index contributed by atoms with van der Waals surface area (Å²) in [6.45, 7) is 1.74. The van der Waals surface area contributed by atoms with Gasteiger partial charge in [0.2, 0.25) is 5.91 Å². The average Bonchev–Trinajstić information content (AvgIpc) is 2.30. The van der Waals surface area contributed by atoms with E-state index in [4.69, 9.17) is 5.73 Å². The van der Waals surface area contributed by atoms with Gasteiger partial charge in [-0.05, 0) is 37.0 Å². The van der Waals surface area contributed by atoms with E-state index in [-0.39, 0.29) is 11.6 Å². The first-order valence-electron chi connectivity index (χ1n) is 5.36. The van der Waals surface area contributed by atoms with Gasteiger partial charge in [0.1, 0.15) is 5.82 Å². The third-order valence-corrected chi connectivity index (χ3v) is 3.08. The first-order valence-corrected chi connectivity index (χ1v) is 6.76. The molecule has 0 unspecified atom stereocenters. The largest absolute Gasteiger partial charge is 0.322 e. The minimum absolute atomic E-state index is 0.220. The molecule has 1 aromatic rings. The Balaban J connectivity index is 2.68. The van der Waals surface area contributed by atoms with Crippen molar-refractivity contribution in [3.63, 3.8) is 0 Å². The lowest BCUT2D eigenvalue weighted by atomic mass is 10.1. The number of amides is 1. The maximum atomic E-state index is 13.5. The second kappa shape index (κ2) is 6.61. The first kappa shape index (κ1) is 14.0. The maximum absolute atomic E-state index is 13.5. The van der Waals surface area contributed by atoms with Crippen molar-refractivity contribution in [2.75, 3.05) is 17.3 Å². The van der Waals surface area contributed by atoms with Crippen LogP contribution in [-0.2, 0) is 4.79 Å². The number of carbonyl (C=O) groups is 1. The molecule has 94 valence electrons. The van der Waals surface area contributed by atoms with Gasteiger partial charge in [0.05, 0.1) is 11.7 Å². The van der Waals surface area contributed by atoms with E-state index in [9.17, 15) is 9.18 Å². The van der Waals surface area contributed by atoms with E-state index in [1.807, 2.05) is 6.26 Å². The molecule has 1 rings (SSSR count). The van der Waals surface area contributed by atoms with Gasteiger partial charge in [-0.15, -0.1) is 0 Å². The Morgan fingerprint density at radius 1 is 1.59 bits per heavy atom. The van der Waals surface area contributed by atoms with E-state index >= 15 is 0 Å². The van der Waals surface area contributed by atoms with Crippen molar-refractivity contribution in [2.24, 2.45) is 5.73 Å². The molecule has 1 aromatic carbocycles. The van der Waals surface area contributed by atoms with Crippen LogP contribution in [0.15, 0.2) is 18.2 Å². The van der Waals surface area contributed by atoms with Crippen molar-refractivity contribution in [1.29, 1.82) is 0 Å². The quantitative estimate of drug-likeness (QED) is 0.848. The zero-order valence-corrected chi connectivity index (χ0v) is 10.8. The Kier molecular flexibility index (Phi) is 5.44. The number of benzene rings is 1.